The summed E-state index contributed by atoms with van der Waals surface area (Å²) in [5.41, 5.74) is 0.555. The summed E-state index contributed by atoms with van der Waals surface area (Å²) in [6.07, 6.45) is 0.624. The molecule has 1 atom stereocenters. The summed E-state index contributed by atoms with van der Waals surface area (Å²) in [4.78, 5) is 24.7. The van der Waals surface area contributed by atoms with Crippen LogP contribution in [0.25, 0.3) is 0 Å². The van der Waals surface area contributed by atoms with Crippen molar-refractivity contribution in [2.24, 2.45) is 0 Å². The molecule has 0 saturated heterocycles. The van der Waals surface area contributed by atoms with Crippen molar-refractivity contribution in [3.8, 4) is 11.5 Å². The molecule has 0 aliphatic rings. The molecular weight excluding hydrogens is 360 g/mol. The molecule has 2 N–H and O–H groups in total. The fraction of sp³-hybridized carbons (Fsp3) is 0.333. The lowest BCUT2D eigenvalue weighted by atomic mass is 9.90. The molecule has 2 amide bonds. The number of amides is 2. The topological polar surface area (TPSA) is 85.9 Å². The summed E-state index contributed by atoms with van der Waals surface area (Å²) in [5, 5.41) is 5.21. The number of rotatable bonds is 8. The Morgan fingerprint density at radius 2 is 1.68 bits per heavy atom. The van der Waals surface area contributed by atoms with Crippen LogP contribution in [-0.2, 0) is 19.9 Å². The summed E-state index contributed by atoms with van der Waals surface area (Å²) in [6, 6.07) is 14.5. The summed E-state index contributed by atoms with van der Waals surface area (Å²) in [6.45, 7) is 2.12. The van der Waals surface area contributed by atoms with Crippen molar-refractivity contribution < 1.29 is 23.8 Å². The van der Waals surface area contributed by atoms with Crippen LogP contribution in [0.15, 0.2) is 48.5 Å². The van der Waals surface area contributed by atoms with Crippen molar-refractivity contribution in [2.45, 2.75) is 18.9 Å². The van der Waals surface area contributed by atoms with Crippen molar-refractivity contribution in [2.75, 3.05) is 33.2 Å². The second kappa shape index (κ2) is 9.75. The van der Waals surface area contributed by atoms with Gasteiger partial charge in [-0.05, 0) is 24.1 Å². The van der Waals surface area contributed by atoms with E-state index < -0.39 is 17.4 Å². The molecule has 28 heavy (non-hydrogen) atoms. The Morgan fingerprint density at radius 1 is 0.964 bits per heavy atom. The highest BCUT2D eigenvalue weighted by Crippen LogP contribution is 2.29. The molecule has 1 unspecified atom stereocenters. The van der Waals surface area contributed by atoms with E-state index in [1.165, 1.54) is 14.2 Å². The number of carbonyl (C=O) groups is 2. The van der Waals surface area contributed by atoms with Gasteiger partial charge in [-0.3, -0.25) is 9.59 Å². The summed E-state index contributed by atoms with van der Waals surface area (Å²) in [7, 11) is 4.58. The van der Waals surface area contributed by atoms with Gasteiger partial charge in [0.15, 0.2) is 0 Å². The average molecular weight is 386 g/mol. The normalized spacial score (nSPS) is 12.6. The monoisotopic (exact) mass is 386 g/mol. The lowest BCUT2D eigenvalue weighted by Gasteiger charge is -2.32. The van der Waals surface area contributed by atoms with Gasteiger partial charge in [0.05, 0.1) is 26.5 Å². The third-order valence-corrected chi connectivity index (χ3v) is 4.66. The first-order valence-corrected chi connectivity index (χ1v) is 8.91. The van der Waals surface area contributed by atoms with Gasteiger partial charge in [-0.2, -0.15) is 0 Å². The van der Waals surface area contributed by atoms with E-state index in [0.717, 1.165) is 5.56 Å². The Kier molecular flexibility index (Phi) is 7.40. The van der Waals surface area contributed by atoms with Gasteiger partial charge in [0.25, 0.3) is 0 Å². The van der Waals surface area contributed by atoms with Crippen molar-refractivity contribution in [3.05, 3.63) is 54.1 Å². The molecule has 0 heterocycles. The van der Waals surface area contributed by atoms with Crippen LogP contribution in [0.2, 0.25) is 0 Å². The minimum absolute atomic E-state index is 0.158. The number of hydrogen-bond acceptors (Lipinski definition) is 5. The SMILES string of the molecule is CCC(CNC(=O)C(=O)Nc1cc(OC)ccc1OC)(OC)c1ccccc1. The number of carbonyl (C=O) groups excluding carboxylic acids is 2. The molecule has 0 aliphatic carbocycles. The number of benzene rings is 2. The Balaban J connectivity index is 2.09. The summed E-state index contributed by atoms with van der Waals surface area (Å²) >= 11 is 0. The molecule has 2 aromatic carbocycles. The van der Waals surface area contributed by atoms with Crippen LogP contribution in [0.4, 0.5) is 5.69 Å². The van der Waals surface area contributed by atoms with E-state index in [-0.39, 0.29) is 6.54 Å². The fourth-order valence-corrected chi connectivity index (χ4v) is 2.90. The standard InChI is InChI=1S/C21H26N2O5/c1-5-21(28-4,15-9-7-6-8-10-15)14-22-19(24)20(25)23-17-13-16(26-2)11-12-18(17)27-3/h6-13H,5,14H2,1-4H3,(H,22,24)(H,23,25). The smallest absolute Gasteiger partial charge is 0.313 e. The van der Waals surface area contributed by atoms with Gasteiger partial charge in [0.1, 0.15) is 17.1 Å². The maximum Gasteiger partial charge on any atom is 0.313 e. The maximum absolute atomic E-state index is 12.4. The van der Waals surface area contributed by atoms with Crippen LogP contribution in [0.5, 0.6) is 11.5 Å². The zero-order valence-corrected chi connectivity index (χ0v) is 16.6. The van der Waals surface area contributed by atoms with Gasteiger partial charge in [0, 0.05) is 13.2 Å². The number of hydrogen-bond donors (Lipinski definition) is 2. The van der Waals surface area contributed by atoms with Gasteiger partial charge in [-0.15, -0.1) is 0 Å². The van der Waals surface area contributed by atoms with Crippen LogP contribution in [0.1, 0.15) is 18.9 Å². The lowest BCUT2D eigenvalue weighted by molar-refractivity contribution is -0.137. The minimum atomic E-state index is -0.805. The molecule has 150 valence electrons. The molecule has 2 rings (SSSR count). The second-order valence-electron chi connectivity index (χ2n) is 6.12. The van der Waals surface area contributed by atoms with Crippen LogP contribution in [0.3, 0.4) is 0 Å². The molecule has 0 radical (unpaired) electrons. The van der Waals surface area contributed by atoms with Crippen molar-refractivity contribution in [3.63, 3.8) is 0 Å². The van der Waals surface area contributed by atoms with Gasteiger partial charge < -0.3 is 24.8 Å². The highest BCUT2D eigenvalue weighted by Gasteiger charge is 2.31. The maximum atomic E-state index is 12.4. The fourth-order valence-electron chi connectivity index (χ4n) is 2.90. The van der Waals surface area contributed by atoms with Gasteiger partial charge in [-0.25, -0.2) is 0 Å². The quantitative estimate of drug-likeness (QED) is 0.682. The molecular formula is C21H26N2O5. The Bertz CT molecular complexity index is 804. The van der Waals surface area contributed by atoms with Crippen molar-refractivity contribution in [1.82, 2.24) is 5.32 Å². The van der Waals surface area contributed by atoms with Gasteiger partial charge in [0.2, 0.25) is 0 Å². The van der Waals surface area contributed by atoms with E-state index in [1.54, 1.807) is 25.3 Å². The first-order valence-electron chi connectivity index (χ1n) is 8.91. The Morgan fingerprint density at radius 3 is 2.25 bits per heavy atom. The molecule has 2 aromatic rings. The summed E-state index contributed by atoms with van der Waals surface area (Å²) in [5.74, 6) is -0.618. The van der Waals surface area contributed by atoms with Crippen LogP contribution in [0, 0.1) is 0 Å². The molecule has 0 aromatic heterocycles. The van der Waals surface area contributed by atoms with Crippen molar-refractivity contribution >= 4 is 17.5 Å². The third kappa shape index (κ3) is 4.80. The molecule has 0 fully saturated rings. The van der Waals surface area contributed by atoms with E-state index >= 15 is 0 Å². The largest absolute Gasteiger partial charge is 0.497 e. The van der Waals surface area contributed by atoms with Gasteiger partial charge >= 0.3 is 11.8 Å². The highest BCUT2D eigenvalue weighted by molar-refractivity contribution is 6.39. The minimum Gasteiger partial charge on any atom is -0.497 e. The van der Waals surface area contributed by atoms with Crippen LogP contribution in [-0.4, -0.2) is 39.7 Å². The van der Waals surface area contributed by atoms with Crippen molar-refractivity contribution in [1.29, 1.82) is 0 Å². The van der Waals surface area contributed by atoms with E-state index in [0.29, 0.717) is 23.6 Å². The van der Waals surface area contributed by atoms with Crippen LogP contribution < -0.4 is 20.1 Å². The lowest BCUT2D eigenvalue weighted by Crippen LogP contribution is -2.45. The Hall–Kier alpha value is -3.06. The van der Waals surface area contributed by atoms with E-state index in [2.05, 4.69) is 10.6 Å². The van der Waals surface area contributed by atoms with E-state index in [1.807, 2.05) is 37.3 Å². The third-order valence-electron chi connectivity index (χ3n) is 4.66. The molecule has 0 aliphatic heterocycles. The van der Waals surface area contributed by atoms with Crippen LogP contribution >= 0.6 is 0 Å². The number of nitrogens with one attached hydrogen (secondary N) is 2. The zero-order chi connectivity index (χ0) is 20.6. The predicted molar refractivity (Wildman–Crippen MR) is 107 cm³/mol. The first-order chi connectivity index (χ1) is 13.5. The molecule has 0 bridgehead atoms. The van der Waals surface area contributed by atoms with E-state index in [4.69, 9.17) is 14.2 Å². The van der Waals surface area contributed by atoms with E-state index in [9.17, 15) is 9.59 Å². The Labute approximate surface area is 165 Å². The molecule has 0 spiro atoms. The average Bonchev–Trinajstić information content (AvgIpc) is 2.75. The highest BCUT2D eigenvalue weighted by atomic mass is 16.5. The molecule has 0 saturated carbocycles. The number of methoxy groups -OCH3 is 3. The number of anilines is 1. The first kappa shape index (κ1) is 21.2. The number of ether oxygens (including phenoxy) is 3. The molecule has 7 heteroatoms. The molecule has 7 nitrogen and oxygen atoms in total. The zero-order valence-electron chi connectivity index (χ0n) is 16.6. The van der Waals surface area contributed by atoms with Gasteiger partial charge in [-0.1, -0.05) is 37.3 Å². The second-order valence-corrected chi connectivity index (χ2v) is 6.12. The predicted octanol–water partition coefficient (Wildman–Crippen LogP) is 2.71. The summed E-state index contributed by atoms with van der Waals surface area (Å²) < 4.78 is 16.1.